The molecule has 0 aliphatic carbocycles. The van der Waals surface area contributed by atoms with Crippen molar-refractivity contribution in [3.8, 4) is 0 Å². The van der Waals surface area contributed by atoms with Crippen molar-refractivity contribution in [3.05, 3.63) is 64.7 Å². The summed E-state index contributed by atoms with van der Waals surface area (Å²) in [6, 6.07) is 10.0. The first-order valence-corrected chi connectivity index (χ1v) is 8.33. The number of nitrogens with one attached hydrogen (secondary N) is 2. The Labute approximate surface area is 175 Å². The lowest BCUT2D eigenvalue weighted by Crippen LogP contribution is -2.40. The Morgan fingerprint density at radius 3 is 2.54 bits per heavy atom. The maximum absolute atomic E-state index is 13.0. The molecule has 1 aromatic carbocycles. The quantitative estimate of drug-likeness (QED) is 0.268. The van der Waals surface area contributed by atoms with Gasteiger partial charge in [-0.05, 0) is 35.7 Å². The lowest BCUT2D eigenvalue weighted by Gasteiger charge is -2.18. The minimum absolute atomic E-state index is 0. The van der Waals surface area contributed by atoms with Gasteiger partial charge in [0, 0.05) is 33.4 Å². The van der Waals surface area contributed by atoms with Gasteiger partial charge in [0.2, 0.25) is 0 Å². The molecule has 2 rings (SSSR count). The van der Waals surface area contributed by atoms with Crippen molar-refractivity contribution in [1.82, 2.24) is 15.6 Å². The summed E-state index contributed by atoms with van der Waals surface area (Å²) in [5.41, 5.74) is 1.99. The lowest BCUT2D eigenvalue weighted by atomic mass is 10.1. The maximum Gasteiger partial charge on any atom is 0.191 e. The van der Waals surface area contributed by atoms with Crippen molar-refractivity contribution in [2.45, 2.75) is 12.5 Å². The molecule has 0 saturated heterocycles. The van der Waals surface area contributed by atoms with E-state index in [1.807, 2.05) is 6.07 Å². The van der Waals surface area contributed by atoms with Gasteiger partial charge in [0.05, 0.1) is 6.10 Å². The minimum atomic E-state index is -0.263. The van der Waals surface area contributed by atoms with E-state index in [0.717, 1.165) is 17.5 Å². The lowest BCUT2D eigenvalue weighted by molar-refractivity contribution is 0.106. The van der Waals surface area contributed by atoms with Gasteiger partial charge in [0.15, 0.2) is 5.96 Å². The third kappa shape index (κ3) is 7.43. The number of hydrogen-bond acceptors (Lipinski definition) is 3. The Kier molecular flexibility index (Phi) is 10.5. The minimum Gasteiger partial charge on any atom is -0.375 e. The van der Waals surface area contributed by atoms with Crippen LogP contribution < -0.4 is 10.6 Å². The highest BCUT2D eigenvalue weighted by Crippen LogP contribution is 2.16. The van der Waals surface area contributed by atoms with Gasteiger partial charge in [-0.3, -0.25) is 4.99 Å². The molecular weight excluding hydrogens is 470 g/mol. The van der Waals surface area contributed by atoms with Crippen molar-refractivity contribution in [3.63, 3.8) is 0 Å². The van der Waals surface area contributed by atoms with Crippen molar-refractivity contribution >= 4 is 41.5 Å². The van der Waals surface area contributed by atoms with Gasteiger partial charge in [-0.1, -0.05) is 29.8 Å². The molecule has 0 fully saturated rings. The molecular formula is C18H23ClFIN4O. The van der Waals surface area contributed by atoms with Crippen LogP contribution in [0.25, 0.3) is 0 Å². The predicted octanol–water partition coefficient (Wildman–Crippen LogP) is 3.59. The average Bonchev–Trinajstić information content (AvgIpc) is 2.63. The number of methoxy groups -OCH3 is 1. The summed E-state index contributed by atoms with van der Waals surface area (Å²) >= 11 is 5.77. The summed E-state index contributed by atoms with van der Waals surface area (Å²) in [6.07, 6.45) is 2.37. The molecule has 5 nitrogen and oxygen atoms in total. The van der Waals surface area contributed by atoms with Gasteiger partial charge in [-0.15, -0.1) is 24.0 Å². The van der Waals surface area contributed by atoms with Crippen LogP contribution in [0, 0.1) is 5.82 Å². The summed E-state index contributed by atoms with van der Waals surface area (Å²) in [5.74, 6) is 0.409. The molecule has 1 aromatic heterocycles. The molecule has 0 aliphatic rings. The number of benzene rings is 1. The van der Waals surface area contributed by atoms with Crippen molar-refractivity contribution in [2.75, 3.05) is 27.2 Å². The first-order valence-electron chi connectivity index (χ1n) is 7.95. The summed E-state index contributed by atoms with van der Waals surface area (Å²) in [5, 5.41) is 6.93. The molecule has 0 aliphatic heterocycles. The third-order valence-corrected chi connectivity index (χ3v) is 3.92. The molecule has 1 heterocycles. The van der Waals surface area contributed by atoms with Crippen LogP contribution in [0.1, 0.15) is 17.2 Å². The highest BCUT2D eigenvalue weighted by atomic mass is 127. The zero-order chi connectivity index (χ0) is 18.1. The second-order valence-corrected chi connectivity index (χ2v) is 5.78. The van der Waals surface area contributed by atoms with Crippen molar-refractivity contribution < 1.29 is 9.13 Å². The second kappa shape index (κ2) is 12.0. The first kappa shape index (κ1) is 22.6. The zero-order valence-electron chi connectivity index (χ0n) is 14.7. The van der Waals surface area contributed by atoms with Crippen LogP contribution >= 0.6 is 35.6 Å². The topological polar surface area (TPSA) is 58.5 Å². The van der Waals surface area contributed by atoms with E-state index in [1.165, 1.54) is 12.1 Å². The number of pyridine rings is 1. The fraction of sp³-hybridized carbons (Fsp3) is 0.333. The van der Waals surface area contributed by atoms with Crippen LogP contribution in [-0.4, -0.2) is 38.2 Å². The smallest absolute Gasteiger partial charge is 0.191 e. The summed E-state index contributed by atoms with van der Waals surface area (Å²) in [7, 11) is 3.33. The van der Waals surface area contributed by atoms with E-state index < -0.39 is 0 Å². The van der Waals surface area contributed by atoms with Gasteiger partial charge in [-0.2, -0.15) is 0 Å². The van der Waals surface area contributed by atoms with E-state index in [1.54, 1.807) is 38.6 Å². The van der Waals surface area contributed by atoms with Gasteiger partial charge >= 0.3 is 0 Å². The van der Waals surface area contributed by atoms with Crippen LogP contribution in [0.15, 0.2) is 47.6 Å². The molecule has 8 heteroatoms. The molecule has 0 amide bonds. The van der Waals surface area contributed by atoms with Crippen molar-refractivity contribution in [1.29, 1.82) is 0 Å². The highest BCUT2D eigenvalue weighted by Gasteiger charge is 2.11. The number of hydrogen-bond donors (Lipinski definition) is 2. The molecule has 2 N–H and O–H groups in total. The Bertz CT molecular complexity index is 683. The van der Waals surface area contributed by atoms with Crippen LogP contribution in [0.2, 0.25) is 5.15 Å². The van der Waals surface area contributed by atoms with Crippen molar-refractivity contribution in [2.24, 2.45) is 4.99 Å². The Morgan fingerprint density at radius 1 is 1.23 bits per heavy atom. The fourth-order valence-corrected chi connectivity index (χ4v) is 2.42. The van der Waals surface area contributed by atoms with E-state index in [0.29, 0.717) is 24.2 Å². The maximum atomic E-state index is 13.0. The van der Waals surface area contributed by atoms with Crippen LogP contribution in [0.4, 0.5) is 4.39 Å². The van der Waals surface area contributed by atoms with E-state index in [2.05, 4.69) is 20.6 Å². The third-order valence-electron chi connectivity index (χ3n) is 3.70. The molecule has 0 saturated carbocycles. The number of halogens is 3. The number of aromatic nitrogens is 1. The highest BCUT2D eigenvalue weighted by molar-refractivity contribution is 14.0. The molecule has 0 bridgehead atoms. The Morgan fingerprint density at radius 2 is 1.96 bits per heavy atom. The van der Waals surface area contributed by atoms with Gasteiger partial charge < -0.3 is 15.4 Å². The standard InChI is InChI=1S/C18H22ClFN4O.HI/c1-21-18(22-10-9-13-3-8-17(19)23-11-13)24-12-16(25-2)14-4-6-15(20)7-5-14;/h3-8,11,16H,9-10,12H2,1-2H3,(H2,21,22,24);1H. The Balaban J connectivity index is 0.00000338. The van der Waals surface area contributed by atoms with Crippen LogP contribution in [-0.2, 0) is 11.2 Å². The normalized spacial score (nSPS) is 12.2. The van der Waals surface area contributed by atoms with E-state index in [9.17, 15) is 4.39 Å². The van der Waals surface area contributed by atoms with E-state index in [-0.39, 0.29) is 35.9 Å². The second-order valence-electron chi connectivity index (χ2n) is 5.39. The predicted molar refractivity (Wildman–Crippen MR) is 114 cm³/mol. The molecule has 0 spiro atoms. The number of nitrogens with zero attached hydrogens (tertiary/aromatic N) is 2. The number of aliphatic imine (C=N–C) groups is 1. The summed E-state index contributed by atoms with van der Waals surface area (Å²) in [4.78, 5) is 8.25. The monoisotopic (exact) mass is 492 g/mol. The van der Waals surface area contributed by atoms with Crippen LogP contribution in [0.3, 0.4) is 0 Å². The first-order chi connectivity index (χ1) is 12.1. The fourth-order valence-electron chi connectivity index (χ4n) is 2.30. The van der Waals surface area contributed by atoms with Gasteiger partial charge in [-0.25, -0.2) is 9.37 Å². The summed E-state index contributed by atoms with van der Waals surface area (Å²) in [6.45, 7) is 1.22. The number of ether oxygens (including phenoxy) is 1. The largest absolute Gasteiger partial charge is 0.375 e. The Hall–Kier alpha value is -1.45. The molecule has 1 atom stereocenters. The average molecular weight is 493 g/mol. The van der Waals surface area contributed by atoms with Gasteiger partial charge in [0.1, 0.15) is 11.0 Å². The number of guanidine groups is 1. The summed E-state index contributed by atoms with van der Waals surface area (Å²) < 4.78 is 18.5. The van der Waals surface area contributed by atoms with Crippen LogP contribution in [0.5, 0.6) is 0 Å². The number of rotatable bonds is 7. The molecule has 142 valence electrons. The van der Waals surface area contributed by atoms with Gasteiger partial charge in [0.25, 0.3) is 0 Å². The van der Waals surface area contributed by atoms with E-state index >= 15 is 0 Å². The molecule has 1 unspecified atom stereocenters. The SMILES string of the molecule is CN=C(NCCc1ccc(Cl)nc1)NCC(OC)c1ccc(F)cc1.I. The zero-order valence-corrected chi connectivity index (χ0v) is 17.8. The molecule has 26 heavy (non-hydrogen) atoms. The molecule has 2 aromatic rings. The molecule has 0 radical (unpaired) electrons. The van der Waals surface area contributed by atoms with E-state index in [4.69, 9.17) is 16.3 Å².